The Bertz CT molecular complexity index is 519. The molecule has 3 saturated heterocycles. The van der Waals surface area contributed by atoms with Crippen molar-refractivity contribution in [2.24, 2.45) is 0 Å². The number of aliphatic hydroxyl groups is 6. The Balaban J connectivity index is 1.75. The molecule has 12 heteroatoms. The lowest BCUT2D eigenvalue weighted by Gasteiger charge is -2.49. The molecule has 0 saturated carbocycles. The summed E-state index contributed by atoms with van der Waals surface area (Å²) in [5.74, 6) is -3.59. The van der Waals surface area contributed by atoms with Crippen molar-refractivity contribution in [3.05, 3.63) is 0 Å². The van der Waals surface area contributed by atoms with Gasteiger partial charge in [0.05, 0.1) is 13.2 Å². The molecule has 0 unspecified atom stereocenters. The zero-order valence-electron chi connectivity index (χ0n) is 14.9. The van der Waals surface area contributed by atoms with Crippen LogP contribution in [0.25, 0.3) is 0 Å². The summed E-state index contributed by atoms with van der Waals surface area (Å²) in [6, 6.07) is 0. The predicted octanol–water partition coefficient (Wildman–Crippen LogP) is -4.01. The number of rotatable bonds is 5. The molecule has 27 heavy (non-hydrogen) atoms. The van der Waals surface area contributed by atoms with Crippen molar-refractivity contribution in [2.45, 2.75) is 67.7 Å². The van der Waals surface area contributed by atoms with Gasteiger partial charge in [0.1, 0.15) is 49.3 Å². The fourth-order valence-corrected chi connectivity index (χ4v) is 3.37. The van der Waals surface area contributed by atoms with Gasteiger partial charge in [-0.15, -0.1) is 0 Å². The first-order chi connectivity index (χ1) is 12.7. The van der Waals surface area contributed by atoms with Crippen LogP contribution < -0.4 is 0 Å². The SMILES string of the molecule is CO[C@]1(C)OC[C@@H]2O[C@H](O[C@]3(CO)O[C@H](CO)[C@H](O)[C@H]3O)[C@H](O)[C@H](O)[C@@H]2O1. The van der Waals surface area contributed by atoms with Crippen LogP contribution in [0.4, 0.5) is 0 Å². The fraction of sp³-hybridized carbons (Fsp3) is 1.00. The quantitative estimate of drug-likeness (QED) is 0.265. The molecule has 0 radical (unpaired) electrons. The minimum absolute atomic E-state index is 0.0595. The molecule has 3 aliphatic heterocycles. The van der Waals surface area contributed by atoms with Gasteiger partial charge in [-0.25, -0.2) is 0 Å². The van der Waals surface area contributed by atoms with Crippen molar-refractivity contribution in [3.8, 4) is 0 Å². The van der Waals surface area contributed by atoms with Crippen LogP contribution in [0.2, 0.25) is 0 Å². The van der Waals surface area contributed by atoms with E-state index in [0.717, 1.165) is 0 Å². The molecule has 158 valence electrons. The number of fused-ring (bicyclic) bond motifs is 1. The highest BCUT2D eigenvalue weighted by molar-refractivity contribution is 4.99. The third-order valence-electron chi connectivity index (χ3n) is 5.09. The summed E-state index contributed by atoms with van der Waals surface area (Å²) < 4.78 is 32.3. The molecule has 0 aromatic rings. The number of methoxy groups -OCH3 is 1. The monoisotopic (exact) mass is 398 g/mol. The van der Waals surface area contributed by atoms with E-state index in [1.54, 1.807) is 0 Å². The molecule has 12 nitrogen and oxygen atoms in total. The molecule has 3 heterocycles. The summed E-state index contributed by atoms with van der Waals surface area (Å²) in [6.07, 6.45) is -11.0. The minimum atomic E-state index is -2.16. The van der Waals surface area contributed by atoms with Crippen molar-refractivity contribution in [2.75, 3.05) is 26.9 Å². The third-order valence-corrected chi connectivity index (χ3v) is 5.09. The van der Waals surface area contributed by atoms with E-state index in [9.17, 15) is 30.6 Å². The van der Waals surface area contributed by atoms with Gasteiger partial charge < -0.3 is 59.1 Å². The second-order valence-corrected chi connectivity index (χ2v) is 6.85. The molecule has 3 fully saturated rings. The van der Waals surface area contributed by atoms with Crippen molar-refractivity contribution < 1.29 is 59.1 Å². The van der Waals surface area contributed by atoms with Gasteiger partial charge in [0.15, 0.2) is 6.29 Å². The average Bonchev–Trinajstić information content (AvgIpc) is 2.91. The molecule has 0 aromatic heterocycles. The van der Waals surface area contributed by atoms with Crippen molar-refractivity contribution in [3.63, 3.8) is 0 Å². The third kappa shape index (κ3) is 3.61. The van der Waals surface area contributed by atoms with Crippen LogP contribution in [0, 0.1) is 0 Å². The van der Waals surface area contributed by atoms with E-state index in [4.69, 9.17) is 28.4 Å². The Morgan fingerprint density at radius 3 is 2.30 bits per heavy atom. The molecule has 0 spiro atoms. The van der Waals surface area contributed by atoms with Crippen molar-refractivity contribution in [1.29, 1.82) is 0 Å². The summed E-state index contributed by atoms with van der Waals surface area (Å²) in [5, 5.41) is 59.8. The second-order valence-electron chi connectivity index (χ2n) is 6.85. The maximum atomic E-state index is 10.4. The lowest BCUT2D eigenvalue weighted by molar-refractivity contribution is -0.459. The van der Waals surface area contributed by atoms with Gasteiger partial charge in [0.25, 0.3) is 5.97 Å². The van der Waals surface area contributed by atoms with E-state index in [0.29, 0.717) is 0 Å². The Kier molecular flexibility index (Phi) is 6.09. The lowest BCUT2D eigenvalue weighted by atomic mass is 9.97. The molecule has 0 bridgehead atoms. The zero-order valence-corrected chi connectivity index (χ0v) is 14.9. The van der Waals surface area contributed by atoms with E-state index >= 15 is 0 Å². The smallest absolute Gasteiger partial charge is 0.280 e. The summed E-state index contributed by atoms with van der Waals surface area (Å²) in [6.45, 7) is -0.115. The summed E-state index contributed by atoms with van der Waals surface area (Å²) in [5.41, 5.74) is 0. The van der Waals surface area contributed by atoms with Crippen LogP contribution in [-0.4, -0.2) is 118 Å². The van der Waals surface area contributed by atoms with Gasteiger partial charge in [-0.05, 0) is 0 Å². The van der Waals surface area contributed by atoms with Gasteiger partial charge in [-0.2, -0.15) is 0 Å². The van der Waals surface area contributed by atoms with Crippen molar-refractivity contribution >= 4 is 0 Å². The number of hydrogen-bond donors (Lipinski definition) is 6. The number of hydrogen-bond acceptors (Lipinski definition) is 12. The molecule has 6 N–H and O–H groups in total. The Morgan fingerprint density at radius 2 is 1.74 bits per heavy atom. The molecule has 3 aliphatic rings. The van der Waals surface area contributed by atoms with Gasteiger partial charge in [0.2, 0.25) is 5.79 Å². The molecule has 0 aromatic carbocycles. The van der Waals surface area contributed by atoms with Gasteiger partial charge in [0, 0.05) is 14.0 Å². The highest BCUT2D eigenvalue weighted by Gasteiger charge is 2.59. The second kappa shape index (κ2) is 7.74. The Hall–Kier alpha value is -0.480. The first-order valence-corrected chi connectivity index (χ1v) is 8.52. The van der Waals surface area contributed by atoms with Crippen LogP contribution >= 0.6 is 0 Å². The van der Waals surface area contributed by atoms with E-state index in [2.05, 4.69) is 0 Å². The zero-order chi connectivity index (χ0) is 20.0. The molecule has 3 rings (SSSR count). The number of aliphatic hydroxyl groups excluding tert-OH is 6. The van der Waals surface area contributed by atoms with E-state index in [1.807, 2.05) is 0 Å². The Labute approximate surface area is 154 Å². The average molecular weight is 398 g/mol. The van der Waals surface area contributed by atoms with Crippen LogP contribution in [-0.2, 0) is 28.4 Å². The molecule has 0 amide bonds. The van der Waals surface area contributed by atoms with Crippen molar-refractivity contribution in [1.82, 2.24) is 0 Å². The first kappa shape index (κ1) is 21.2. The van der Waals surface area contributed by atoms with Gasteiger partial charge in [-0.1, -0.05) is 0 Å². The normalized spacial score (nSPS) is 53.3. The molecular weight excluding hydrogens is 372 g/mol. The number of ether oxygens (including phenoxy) is 6. The summed E-state index contributed by atoms with van der Waals surface area (Å²) in [7, 11) is 1.35. The standard InChI is InChI=1S/C15H26O12/c1-14(22-2)23-4-7-11(26-14)9(19)10(20)13(24-7)27-15(5-17)12(21)8(18)6(3-16)25-15/h6-13,16-21H,3-5H2,1-2H3/t6-,7+,8+,9+,10-,11-,12-,13-,14-,15+/m1/s1. The first-order valence-electron chi connectivity index (χ1n) is 8.52. The largest absolute Gasteiger partial charge is 0.394 e. The molecule has 10 atom stereocenters. The van der Waals surface area contributed by atoms with Gasteiger partial charge >= 0.3 is 0 Å². The maximum Gasteiger partial charge on any atom is 0.280 e. The van der Waals surface area contributed by atoms with Crippen LogP contribution in [0.5, 0.6) is 0 Å². The highest BCUT2D eigenvalue weighted by atomic mass is 16.9. The fourth-order valence-electron chi connectivity index (χ4n) is 3.37. The van der Waals surface area contributed by atoms with Gasteiger partial charge in [-0.3, -0.25) is 0 Å². The van der Waals surface area contributed by atoms with Crippen LogP contribution in [0.3, 0.4) is 0 Å². The highest BCUT2D eigenvalue weighted by Crippen LogP contribution is 2.38. The topological polar surface area (TPSA) is 177 Å². The van der Waals surface area contributed by atoms with E-state index in [1.165, 1.54) is 14.0 Å². The molecule has 0 aliphatic carbocycles. The van der Waals surface area contributed by atoms with Crippen LogP contribution in [0.1, 0.15) is 6.92 Å². The maximum absolute atomic E-state index is 10.4. The lowest BCUT2D eigenvalue weighted by Crippen LogP contribution is -2.67. The molecular formula is C15H26O12. The summed E-state index contributed by atoms with van der Waals surface area (Å²) >= 11 is 0. The van der Waals surface area contributed by atoms with E-state index < -0.39 is 74.0 Å². The Morgan fingerprint density at radius 1 is 1.04 bits per heavy atom. The summed E-state index contributed by atoms with van der Waals surface area (Å²) in [4.78, 5) is 0. The predicted molar refractivity (Wildman–Crippen MR) is 81.8 cm³/mol. The minimum Gasteiger partial charge on any atom is -0.394 e. The van der Waals surface area contributed by atoms with Crippen LogP contribution in [0.15, 0.2) is 0 Å². The van der Waals surface area contributed by atoms with E-state index in [-0.39, 0.29) is 6.61 Å².